The van der Waals surface area contributed by atoms with E-state index in [1.165, 1.54) is 5.56 Å². The number of nitrogens with one attached hydrogen (secondary N) is 1. The molecule has 6 heteroatoms. The molecule has 1 aromatic carbocycles. The van der Waals surface area contributed by atoms with Crippen LogP contribution < -0.4 is 10.9 Å². The molecule has 1 N–H and O–H groups in total. The molecule has 1 fully saturated rings. The summed E-state index contributed by atoms with van der Waals surface area (Å²) in [6.45, 7) is 12.8. The first kappa shape index (κ1) is 21.4. The number of rotatable bonds is 4. The van der Waals surface area contributed by atoms with Gasteiger partial charge >= 0.3 is 11.7 Å². The molecule has 1 amide bonds. The van der Waals surface area contributed by atoms with Crippen molar-refractivity contribution in [1.82, 2.24) is 10.2 Å². The van der Waals surface area contributed by atoms with Gasteiger partial charge in [-0.25, -0.2) is 9.59 Å². The predicted molar refractivity (Wildman–Crippen MR) is 114 cm³/mol. The Kier molecular flexibility index (Phi) is 6.32. The van der Waals surface area contributed by atoms with Crippen molar-refractivity contribution >= 4 is 17.1 Å². The summed E-state index contributed by atoms with van der Waals surface area (Å²) in [6.07, 6.45) is 1.77. The zero-order valence-corrected chi connectivity index (χ0v) is 18.1. The summed E-state index contributed by atoms with van der Waals surface area (Å²) in [5.41, 5.74) is 3.15. The fourth-order valence-corrected chi connectivity index (χ4v) is 3.86. The van der Waals surface area contributed by atoms with Gasteiger partial charge < -0.3 is 14.5 Å². The number of aryl methyl sites for hydroxylation is 2. The lowest BCUT2D eigenvalue weighted by molar-refractivity contribution is 0.0506. The average Bonchev–Trinajstić information content (AvgIpc) is 2.60. The van der Waals surface area contributed by atoms with Crippen LogP contribution in [-0.2, 0) is 11.3 Å². The van der Waals surface area contributed by atoms with Crippen molar-refractivity contribution in [1.29, 1.82) is 0 Å². The quantitative estimate of drug-likeness (QED) is 0.781. The van der Waals surface area contributed by atoms with E-state index in [1.807, 2.05) is 33.8 Å². The number of carbonyl (C=O) groups excluding carboxylic acids is 1. The molecule has 158 valence electrons. The van der Waals surface area contributed by atoms with E-state index < -0.39 is 5.60 Å². The summed E-state index contributed by atoms with van der Waals surface area (Å²) in [6, 6.07) is 5.66. The van der Waals surface area contributed by atoms with Crippen LogP contribution in [0.3, 0.4) is 0 Å². The van der Waals surface area contributed by atoms with Crippen molar-refractivity contribution < 1.29 is 13.9 Å². The molecule has 0 saturated carbocycles. The van der Waals surface area contributed by atoms with Gasteiger partial charge in [-0.15, -0.1) is 0 Å². The predicted octanol–water partition coefficient (Wildman–Crippen LogP) is 4.15. The maximum atomic E-state index is 12.1. The van der Waals surface area contributed by atoms with E-state index in [0.717, 1.165) is 42.4 Å². The molecule has 0 aliphatic carbocycles. The second-order valence-electron chi connectivity index (χ2n) is 9.15. The van der Waals surface area contributed by atoms with Gasteiger partial charge in [0.2, 0.25) is 0 Å². The van der Waals surface area contributed by atoms with Gasteiger partial charge in [-0.3, -0.25) is 4.90 Å². The van der Waals surface area contributed by atoms with E-state index in [0.29, 0.717) is 24.6 Å². The Labute approximate surface area is 172 Å². The van der Waals surface area contributed by atoms with Crippen LogP contribution in [0.25, 0.3) is 11.0 Å². The first-order chi connectivity index (χ1) is 13.6. The third-order valence-corrected chi connectivity index (χ3v) is 5.38. The van der Waals surface area contributed by atoms with Gasteiger partial charge in [-0.2, -0.15) is 0 Å². The van der Waals surface area contributed by atoms with Crippen molar-refractivity contribution in [3.63, 3.8) is 0 Å². The van der Waals surface area contributed by atoms with E-state index >= 15 is 0 Å². The van der Waals surface area contributed by atoms with Gasteiger partial charge in [0, 0.05) is 31.1 Å². The first-order valence-electron chi connectivity index (χ1n) is 10.3. The second kappa shape index (κ2) is 8.57. The smallest absolute Gasteiger partial charge is 0.407 e. The fraction of sp³-hybridized carbons (Fsp3) is 0.565. The number of amides is 1. The highest BCUT2D eigenvalue weighted by atomic mass is 16.6. The minimum atomic E-state index is -0.491. The van der Waals surface area contributed by atoms with E-state index in [9.17, 15) is 9.59 Å². The number of fused-ring (bicyclic) bond motifs is 1. The number of nitrogens with zero attached hydrogens (tertiary/aromatic N) is 1. The fourth-order valence-electron chi connectivity index (χ4n) is 3.86. The van der Waals surface area contributed by atoms with Crippen molar-refractivity contribution in [2.24, 2.45) is 5.92 Å². The van der Waals surface area contributed by atoms with Gasteiger partial charge in [0.15, 0.2) is 0 Å². The lowest BCUT2D eigenvalue weighted by atomic mass is 9.97. The molecule has 1 unspecified atom stereocenters. The van der Waals surface area contributed by atoms with E-state index in [1.54, 1.807) is 6.07 Å². The molecule has 0 radical (unpaired) electrons. The van der Waals surface area contributed by atoms with Crippen molar-refractivity contribution in [3.05, 3.63) is 45.3 Å². The molecule has 2 heterocycles. The van der Waals surface area contributed by atoms with Crippen LogP contribution >= 0.6 is 0 Å². The molecule has 1 aliphatic rings. The van der Waals surface area contributed by atoms with E-state index in [4.69, 9.17) is 9.15 Å². The number of carbonyl (C=O) groups is 1. The molecule has 3 rings (SSSR count). The Morgan fingerprint density at radius 3 is 2.69 bits per heavy atom. The number of likely N-dealkylation sites (tertiary alicyclic amines) is 1. The van der Waals surface area contributed by atoms with Crippen LogP contribution in [0, 0.1) is 19.8 Å². The van der Waals surface area contributed by atoms with Crippen LogP contribution in [0.2, 0.25) is 0 Å². The number of ether oxygens (including phenoxy) is 1. The summed E-state index contributed by atoms with van der Waals surface area (Å²) in [5, 5.41) is 3.89. The summed E-state index contributed by atoms with van der Waals surface area (Å²) in [7, 11) is 0. The Hall–Kier alpha value is -2.34. The number of alkyl carbamates (subject to hydrolysis) is 1. The Morgan fingerprint density at radius 2 is 1.97 bits per heavy atom. The number of hydrogen-bond acceptors (Lipinski definition) is 5. The molecule has 2 aromatic rings. The van der Waals surface area contributed by atoms with Gasteiger partial charge in [0.1, 0.15) is 11.2 Å². The summed E-state index contributed by atoms with van der Waals surface area (Å²) in [4.78, 5) is 26.3. The first-order valence-corrected chi connectivity index (χ1v) is 10.3. The number of hydrogen-bond donors (Lipinski definition) is 1. The van der Waals surface area contributed by atoms with Crippen molar-refractivity contribution in [2.45, 2.75) is 59.6 Å². The molecule has 0 spiro atoms. The molecule has 6 nitrogen and oxygen atoms in total. The van der Waals surface area contributed by atoms with E-state index in [-0.39, 0.29) is 11.7 Å². The second-order valence-corrected chi connectivity index (χ2v) is 9.15. The highest BCUT2D eigenvalue weighted by Gasteiger charge is 2.23. The molecule has 29 heavy (non-hydrogen) atoms. The maximum absolute atomic E-state index is 12.1. The Balaban J connectivity index is 1.67. The van der Waals surface area contributed by atoms with Crippen LogP contribution in [-0.4, -0.2) is 36.2 Å². The van der Waals surface area contributed by atoms with Gasteiger partial charge in [-0.05, 0) is 88.7 Å². The van der Waals surface area contributed by atoms with Gasteiger partial charge in [0.05, 0.1) is 0 Å². The molecule has 0 bridgehead atoms. The van der Waals surface area contributed by atoms with Crippen LogP contribution in [0.15, 0.2) is 27.4 Å². The van der Waals surface area contributed by atoms with E-state index in [2.05, 4.69) is 23.2 Å². The summed E-state index contributed by atoms with van der Waals surface area (Å²) < 4.78 is 10.7. The zero-order valence-electron chi connectivity index (χ0n) is 18.1. The van der Waals surface area contributed by atoms with Crippen molar-refractivity contribution in [2.75, 3.05) is 19.6 Å². The molecule has 1 aromatic heterocycles. The highest BCUT2D eigenvalue weighted by Crippen LogP contribution is 2.24. The maximum Gasteiger partial charge on any atom is 0.407 e. The SMILES string of the molecule is Cc1cc2oc(=O)cc(CN3CCCC(CNC(=O)OC(C)(C)C)C3)c2cc1C. The van der Waals surface area contributed by atoms with Crippen LogP contribution in [0.1, 0.15) is 50.3 Å². The molecular weight excluding hydrogens is 368 g/mol. The minimum Gasteiger partial charge on any atom is -0.444 e. The minimum absolute atomic E-state index is 0.309. The normalized spacial score (nSPS) is 18.0. The van der Waals surface area contributed by atoms with Crippen LogP contribution in [0.5, 0.6) is 0 Å². The Bertz CT molecular complexity index is 942. The summed E-state index contributed by atoms with van der Waals surface area (Å²) >= 11 is 0. The summed E-state index contributed by atoms with van der Waals surface area (Å²) in [5.74, 6) is 0.367. The molecule has 1 saturated heterocycles. The third-order valence-electron chi connectivity index (χ3n) is 5.38. The largest absolute Gasteiger partial charge is 0.444 e. The molecule has 1 atom stereocenters. The zero-order chi connectivity index (χ0) is 21.2. The molecular formula is C23H32N2O4. The third kappa shape index (κ3) is 5.82. The average molecular weight is 401 g/mol. The highest BCUT2D eigenvalue weighted by molar-refractivity contribution is 5.81. The number of piperidine rings is 1. The number of benzene rings is 1. The Morgan fingerprint density at radius 1 is 1.24 bits per heavy atom. The van der Waals surface area contributed by atoms with Crippen molar-refractivity contribution in [3.8, 4) is 0 Å². The monoisotopic (exact) mass is 400 g/mol. The van der Waals surface area contributed by atoms with Gasteiger partial charge in [-0.1, -0.05) is 0 Å². The topological polar surface area (TPSA) is 71.8 Å². The lowest BCUT2D eigenvalue weighted by Crippen LogP contribution is -2.42. The lowest BCUT2D eigenvalue weighted by Gasteiger charge is -2.33. The van der Waals surface area contributed by atoms with Gasteiger partial charge in [0.25, 0.3) is 0 Å². The standard InChI is InChI=1S/C23H32N2O4/c1-15-9-19-18(11-21(26)28-20(19)10-16(15)2)14-25-8-6-7-17(13-25)12-24-22(27)29-23(3,4)5/h9-11,17H,6-8,12-14H2,1-5H3,(H,24,27). The van der Waals surface area contributed by atoms with Crippen LogP contribution in [0.4, 0.5) is 4.79 Å². The molecule has 1 aliphatic heterocycles.